The number of benzene rings is 1. The van der Waals surface area contributed by atoms with Crippen LogP contribution in [0.4, 0.5) is 11.4 Å². The Bertz CT molecular complexity index is 634. The van der Waals surface area contributed by atoms with Gasteiger partial charge in [0.25, 0.3) is 5.91 Å². The number of anilines is 2. The van der Waals surface area contributed by atoms with E-state index in [0.717, 1.165) is 21.4 Å². The molecule has 1 aromatic heterocycles. The zero-order chi connectivity index (χ0) is 14.2. The SMILES string of the molecule is Cc1cc(Br)cc(N)c1NC(=O)c1cc(Cl)sc1Cl. The smallest absolute Gasteiger partial charge is 0.258 e. The number of halogens is 3. The molecular weight excluding hydrogens is 371 g/mol. The van der Waals surface area contributed by atoms with Crippen LogP contribution < -0.4 is 11.1 Å². The second-order valence-corrected chi connectivity index (χ2v) is 7.08. The Kier molecular flexibility index (Phi) is 4.40. The number of amides is 1. The minimum absolute atomic E-state index is 0.328. The van der Waals surface area contributed by atoms with Crippen molar-refractivity contribution in [2.45, 2.75) is 6.92 Å². The van der Waals surface area contributed by atoms with Crippen molar-refractivity contribution in [1.82, 2.24) is 0 Å². The highest BCUT2D eigenvalue weighted by Crippen LogP contribution is 2.33. The van der Waals surface area contributed by atoms with E-state index in [0.29, 0.717) is 25.6 Å². The minimum Gasteiger partial charge on any atom is -0.397 e. The Hall–Kier alpha value is -0.750. The summed E-state index contributed by atoms with van der Waals surface area (Å²) in [5.74, 6) is -0.328. The number of nitrogens with two attached hydrogens (primary N) is 1. The van der Waals surface area contributed by atoms with Crippen LogP contribution in [0.2, 0.25) is 8.67 Å². The molecule has 0 saturated carbocycles. The lowest BCUT2D eigenvalue weighted by molar-refractivity contribution is 0.102. The van der Waals surface area contributed by atoms with Gasteiger partial charge in [-0.15, -0.1) is 11.3 Å². The van der Waals surface area contributed by atoms with Gasteiger partial charge in [0.1, 0.15) is 4.34 Å². The van der Waals surface area contributed by atoms with Crippen molar-refractivity contribution >= 4 is 67.8 Å². The normalized spacial score (nSPS) is 10.5. The fourth-order valence-electron chi connectivity index (χ4n) is 1.62. The number of hydrogen-bond donors (Lipinski definition) is 2. The molecule has 0 atom stereocenters. The zero-order valence-corrected chi connectivity index (χ0v) is 13.7. The monoisotopic (exact) mass is 378 g/mol. The van der Waals surface area contributed by atoms with Crippen LogP contribution in [0.1, 0.15) is 15.9 Å². The van der Waals surface area contributed by atoms with Crippen molar-refractivity contribution in [3.63, 3.8) is 0 Å². The summed E-state index contributed by atoms with van der Waals surface area (Å²) in [6.07, 6.45) is 0. The molecule has 0 radical (unpaired) electrons. The maximum absolute atomic E-state index is 12.1. The van der Waals surface area contributed by atoms with Gasteiger partial charge in [0.05, 0.1) is 21.3 Å². The first-order chi connectivity index (χ1) is 8.88. The van der Waals surface area contributed by atoms with Crippen LogP contribution in [0, 0.1) is 6.92 Å². The number of carbonyl (C=O) groups excluding carboxylic acids is 1. The van der Waals surface area contributed by atoms with Gasteiger partial charge in [-0.3, -0.25) is 4.79 Å². The van der Waals surface area contributed by atoms with Gasteiger partial charge < -0.3 is 11.1 Å². The quantitative estimate of drug-likeness (QED) is 0.724. The molecule has 100 valence electrons. The molecule has 1 aromatic carbocycles. The molecule has 0 spiro atoms. The number of nitrogens with one attached hydrogen (secondary N) is 1. The Labute approximate surface area is 132 Å². The second-order valence-electron chi connectivity index (χ2n) is 3.88. The first-order valence-electron chi connectivity index (χ1n) is 5.20. The van der Waals surface area contributed by atoms with Gasteiger partial charge in [-0.1, -0.05) is 39.1 Å². The highest BCUT2D eigenvalue weighted by atomic mass is 79.9. The predicted molar refractivity (Wildman–Crippen MR) is 85.6 cm³/mol. The molecule has 7 heteroatoms. The third-order valence-corrected chi connectivity index (χ3v) is 4.42. The fraction of sp³-hybridized carbons (Fsp3) is 0.0833. The van der Waals surface area contributed by atoms with E-state index in [9.17, 15) is 4.79 Å². The molecule has 0 aliphatic rings. The first kappa shape index (κ1) is 14.7. The van der Waals surface area contributed by atoms with Crippen LogP contribution in [-0.4, -0.2) is 5.91 Å². The molecule has 0 bridgehead atoms. The van der Waals surface area contributed by atoms with Gasteiger partial charge in [-0.2, -0.15) is 0 Å². The van der Waals surface area contributed by atoms with Gasteiger partial charge in [-0.05, 0) is 30.7 Å². The van der Waals surface area contributed by atoms with Gasteiger partial charge in [0.15, 0.2) is 0 Å². The van der Waals surface area contributed by atoms with Gasteiger partial charge >= 0.3 is 0 Å². The van der Waals surface area contributed by atoms with Crippen molar-refractivity contribution in [1.29, 1.82) is 0 Å². The number of nitrogen functional groups attached to an aromatic ring is 1. The van der Waals surface area contributed by atoms with E-state index in [1.165, 1.54) is 6.07 Å². The Morgan fingerprint density at radius 3 is 2.58 bits per heavy atom. The Morgan fingerprint density at radius 1 is 1.37 bits per heavy atom. The number of carbonyl (C=O) groups is 1. The van der Waals surface area contributed by atoms with Crippen molar-refractivity contribution in [3.8, 4) is 0 Å². The van der Waals surface area contributed by atoms with E-state index in [2.05, 4.69) is 21.2 Å². The lowest BCUT2D eigenvalue weighted by Crippen LogP contribution is -2.13. The molecule has 19 heavy (non-hydrogen) atoms. The van der Waals surface area contributed by atoms with E-state index in [-0.39, 0.29) is 5.91 Å². The van der Waals surface area contributed by atoms with Crippen LogP contribution in [0.15, 0.2) is 22.7 Å². The Balaban J connectivity index is 2.32. The van der Waals surface area contributed by atoms with E-state index in [1.54, 1.807) is 6.07 Å². The van der Waals surface area contributed by atoms with Crippen molar-refractivity contribution in [3.05, 3.63) is 42.5 Å². The molecule has 0 saturated heterocycles. The highest BCUT2D eigenvalue weighted by Gasteiger charge is 2.16. The minimum atomic E-state index is -0.328. The van der Waals surface area contributed by atoms with Gasteiger partial charge in [-0.25, -0.2) is 0 Å². The van der Waals surface area contributed by atoms with Crippen LogP contribution in [0.3, 0.4) is 0 Å². The van der Waals surface area contributed by atoms with Crippen LogP contribution in [-0.2, 0) is 0 Å². The summed E-state index contributed by atoms with van der Waals surface area (Å²) >= 11 is 16.3. The third kappa shape index (κ3) is 3.23. The number of hydrogen-bond acceptors (Lipinski definition) is 3. The summed E-state index contributed by atoms with van der Waals surface area (Å²) < 4.78 is 1.68. The number of aryl methyl sites for hydroxylation is 1. The molecule has 3 nitrogen and oxygen atoms in total. The van der Waals surface area contributed by atoms with E-state index in [1.807, 2.05) is 13.0 Å². The summed E-state index contributed by atoms with van der Waals surface area (Å²) in [7, 11) is 0. The predicted octanol–water partition coefficient (Wildman–Crippen LogP) is 4.96. The molecular formula is C12H9BrCl2N2OS. The second kappa shape index (κ2) is 5.71. The average Bonchev–Trinajstić information content (AvgIpc) is 2.62. The summed E-state index contributed by atoms with van der Waals surface area (Å²) in [5.41, 5.74) is 8.15. The lowest BCUT2D eigenvalue weighted by atomic mass is 10.1. The van der Waals surface area contributed by atoms with Crippen LogP contribution in [0.5, 0.6) is 0 Å². The van der Waals surface area contributed by atoms with E-state index in [4.69, 9.17) is 28.9 Å². The maximum Gasteiger partial charge on any atom is 0.258 e. The summed E-state index contributed by atoms with van der Waals surface area (Å²) in [5, 5.41) is 2.75. The molecule has 3 N–H and O–H groups in total. The van der Waals surface area contributed by atoms with Crippen LogP contribution >= 0.6 is 50.5 Å². The number of rotatable bonds is 2. The largest absolute Gasteiger partial charge is 0.397 e. The number of thiophene rings is 1. The van der Waals surface area contributed by atoms with Gasteiger partial charge in [0.2, 0.25) is 0 Å². The molecule has 0 aliphatic heterocycles. The van der Waals surface area contributed by atoms with E-state index >= 15 is 0 Å². The third-order valence-electron chi connectivity index (χ3n) is 2.47. The summed E-state index contributed by atoms with van der Waals surface area (Å²) in [6, 6.07) is 5.13. The first-order valence-corrected chi connectivity index (χ1v) is 7.57. The molecule has 1 heterocycles. The van der Waals surface area contributed by atoms with E-state index < -0.39 is 0 Å². The summed E-state index contributed by atoms with van der Waals surface area (Å²) in [6.45, 7) is 1.86. The molecule has 2 rings (SSSR count). The Morgan fingerprint density at radius 2 is 2.05 bits per heavy atom. The molecule has 1 amide bonds. The average molecular weight is 380 g/mol. The molecule has 0 unspecified atom stereocenters. The van der Waals surface area contributed by atoms with Gasteiger partial charge in [0, 0.05) is 4.47 Å². The van der Waals surface area contributed by atoms with Crippen molar-refractivity contribution in [2.75, 3.05) is 11.1 Å². The highest BCUT2D eigenvalue weighted by molar-refractivity contribution is 9.10. The van der Waals surface area contributed by atoms with Crippen molar-refractivity contribution in [2.24, 2.45) is 0 Å². The topological polar surface area (TPSA) is 55.1 Å². The van der Waals surface area contributed by atoms with Crippen LogP contribution in [0.25, 0.3) is 0 Å². The fourth-order valence-corrected chi connectivity index (χ4v) is 3.66. The standard InChI is InChI=1S/C12H9BrCl2N2OS/c1-5-2-6(13)3-8(16)10(5)17-12(18)7-4-9(14)19-11(7)15/h2-4H,16H2,1H3,(H,17,18). The summed E-state index contributed by atoms with van der Waals surface area (Å²) in [4.78, 5) is 12.1. The maximum atomic E-state index is 12.1. The van der Waals surface area contributed by atoms with Crippen molar-refractivity contribution < 1.29 is 4.79 Å². The molecule has 0 aliphatic carbocycles. The zero-order valence-electron chi connectivity index (χ0n) is 9.76. The molecule has 2 aromatic rings. The lowest BCUT2D eigenvalue weighted by Gasteiger charge is -2.11. The molecule has 0 fully saturated rings.